The summed E-state index contributed by atoms with van der Waals surface area (Å²) in [4.78, 5) is 29.1. The molecule has 1 amide bonds. The smallest absolute Gasteiger partial charge is 0.258 e. The summed E-state index contributed by atoms with van der Waals surface area (Å²) in [5.74, 6) is -0.342. The number of amides is 1. The molecule has 2 heterocycles. The number of pyridine rings is 1. The van der Waals surface area contributed by atoms with Gasteiger partial charge >= 0.3 is 0 Å². The quantitative estimate of drug-likeness (QED) is 0.325. The molecule has 0 aliphatic heterocycles. The van der Waals surface area contributed by atoms with Gasteiger partial charge in [-0.2, -0.15) is 0 Å². The van der Waals surface area contributed by atoms with Crippen molar-refractivity contribution >= 4 is 51.5 Å². The predicted octanol–water partition coefficient (Wildman–Crippen LogP) is 5.93. The molecule has 0 aliphatic rings. The summed E-state index contributed by atoms with van der Waals surface area (Å²) in [5.41, 5.74) is 2.50. The molecule has 7 heteroatoms. The number of benzene rings is 2. The first-order valence-electron chi connectivity index (χ1n) is 8.70. The largest absolute Gasteiger partial charge is 0.452 e. The molecular weight excluding hydrogens is 411 g/mol. The zero-order chi connectivity index (χ0) is 20.5. The van der Waals surface area contributed by atoms with Crippen molar-refractivity contribution in [2.45, 2.75) is 6.92 Å². The zero-order valence-electron chi connectivity index (χ0n) is 15.2. The fourth-order valence-corrected chi connectivity index (χ4v) is 3.45. The van der Waals surface area contributed by atoms with E-state index in [1.165, 1.54) is 12.1 Å². The third-order valence-electron chi connectivity index (χ3n) is 4.50. The van der Waals surface area contributed by atoms with Crippen molar-refractivity contribution in [3.05, 3.63) is 93.4 Å². The van der Waals surface area contributed by atoms with Crippen LogP contribution in [0.3, 0.4) is 0 Å². The average Bonchev–Trinajstić information content (AvgIpc) is 3.04. The minimum atomic E-state index is -0.428. The van der Waals surface area contributed by atoms with E-state index < -0.39 is 5.91 Å². The van der Waals surface area contributed by atoms with Gasteiger partial charge in [0.1, 0.15) is 15.9 Å². The Hall–Kier alpha value is -3.15. The lowest BCUT2D eigenvalue weighted by Crippen LogP contribution is -2.12. The highest BCUT2D eigenvalue weighted by Crippen LogP contribution is 2.29. The highest BCUT2D eigenvalue weighted by Gasteiger charge is 2.20. The second kappa shape index (κ2) is 7.70. The number of carbonyl (C=O) groups excluding carboxylic acids is 2. The number of aryl methyl sites for hydroxylation is 1. The number of nitrogens with one attached hydrogen (secondary N) is 1. The van der Waals surface area contributed by atoms with E-state index in [0.717, 1.165) is 10.9 Å². The molecule has 0 atom stereocenters. The Morgan fingerprint density at radius 2 is 1.76 bits per heavy atom. The number of nitrogens with zero attached hydrogens (tertiary/aromatic N) is 1. The number of carbonyl (C=O) groups is 2. The van der Waals surface area contributed by atoms with Crippen molar-refractivity contribution < 1.29 is 14.0 Å². The Bertz CT molecular complexity index is 1250. The molecule has 0 bridgehead atoms. The van der Waals surface area contributed by atoms with Crippen LogP contribution < -0.4 is 5.32 Å². The van der Waals surface area contributed by atoms with Gasteiger partial charge in [-0.3, -0.25) is 9.59 Å². The minimum absolute atomic E-state index is 0.0145. The van der Waals surface area contributed by atoms with Gasteiger partial charge in [0, 0.05) is 28.3 Å². The van der Waals surface area contributed by atoms with Crippen molar-refractivity contribution in [1.82, 2.24) is 4.98 Å². The lowest BCUT2D eigenvalue weighted by atomic mass is 10.0. The highest BCUT2D eigenvalue weighted by molar-refractivity contribution is 6.35. The van der Waals surface area contributed by atoms with Crippen molar-refractivity contribution in [1.29, 1.82) is 0 Å². The van der Waals surface area contributed by atoms with Gasteiger partial charge in [0.2, 0.25) is 5.78 Å². The molecule has 0 aliphatic carbocycles. The molecule has 0 unspecified atom stereocenters. The number of aromatic nitrogens is 1. The lowest BCUT2D eigenvalue weighted by molar-refractivity contribution is 0.101. The number of fused-ring (bicyclic) bond motifs is 1. The number of furan rings is 1. The second-order valence-corrected chi connectivity index (χ2v) is 7.13. The summed E-state index contributed by atoms with van der Waals surface area (Å²) in [6, 6.07) is 17.1. The number of rotatable bonds is 4. The third-order valence-corrected chi connectivity index (χ3v) is 5.00. The van der Waals surface area contributed by atoms with Gasteiger partial charge in [-0.15, -0.1) is 0 Å². The molecule has 4 rings (SSSR count). The summed E-state index contributed by atoms with van der Waals surface area (Å²) < 4.78 is 5.83. The first-order valence-corrected chi connectivity index (χ1v) is 9.46. The molecule has 0 saturated heterocycles. The van der Waals surface area contributed by atoms with Crippen LogP contribution in [0.5, 0.6) is 0 Å². The number of halogens is 2. The van der Waals surface area contributed by atoms with Gasteiger partial charge in [-0.25, -0.2) is 4.98 Å². The standard InChI is InChI=1S/C22H14Cl2N2O3/c1-12-15-8-7-14(25-22(28)16-9-10-18(23)26-21(16)24)11-17(15)29-20(12)19(27)13-5-3-2-4-6-13/h2-11H,1H3,(H,25,28). The molecule has 2 aromatic heterocycles. The Balaban J connectivity index is 1.64. The van der Waals surface area contributed by atoms with Gasteiger partial charge in [-0.1, -0.05) is 53.5 Å². The fraction of sp³-hybridized carbons (Fsp3) is 0.0455. The lowest BCUT2D eigenvalue weighted by Gasteiger charge is -2.06. The summed E-state index contributed by atoms with van der Waals surface area (Å²) >= 11 is 11.8. The maximum absolute atomic E-state index is 12.8. The van der Waals surface area contributed by atoms with Gasteiger partial charge < -0.3 is 9.73 Å². The van der Waals surface area contributed by atoms with Crippen molar-refractivity contribution in [3.63, 3.8) is 0 Å². The van der Waals surface area contributed by atoms with E-state index >= 15 is 0 Å². The molecule has 29 heavy (non-hydrogen) atoms. The molecule has 0 radical (unpaired) electrons. The number of ketones is 1. The third kappa shape index (κ3) is 3.75. The molecule has 1 N–H and O–H groups in total. The van der Waals surface area contributed by atoms with Gasteiger partial charge in [0.05, 0.1) is 5.56 Å². The number of hydrogen-bond acceptors (Lipinski definition) is 4. The Kier molecular flexibility index (Phi) is 5.09. The van der Waals surface area contributed by atoms with Crippen LogP contribution in [0.4, 0.5) is 5.69 Å². The highest BCUT2D eigenvalue weighted by atomic mass is 35.5. The Morgan fingerprint density at radius 1 is 1.00 bits per heavy atom. The molecule has 0 spiro atoms. The predicted molar refractivity (Wildman–Crippen MR) is 113 cm³/mol. The van der Waals surface area contributed by atoms with E-state index in [9.17, 15) is 9.59 Å². The average molecular weight is 425 g/mol. The summed E-state index contributed by atoms with van der Waals surface area (Å²) in [6.45, 7) is 1.83. The van der Waals surface area contributed by atoms with Crippen LogP contribution in [0.15, 0.2) is 65.1 Å². The van der Waals surface area contributed by atoms with Gasteiger partial charge in [0.25, 0.3) is 5.91 Å². The van der Waals surface area contributed by atoms with Crippen LogP contribution >= 0.6 is 23.2 Å². The zero-order valence-corrected chi connectivity index (χ0v) is 16.7. The molecule has 5 nitrogen and oxygen atoms in total. The SMILES string of the molecule is Cc1c(C(=O)c2ccccc2)oc2cc(NC(=O)c3ccc(Cl)nc3Cl)ccc12. The van der Waals surface area contributed by atoms with E-state index in [4.69, 9.17) is 27.6 Å². The number of anilines is 1. The van der Waals surface area contributed by atoms with E-state index in [0.29, 0.717) is 16.8 Å². The monoisotopic (exact) mass is 424 g/mol. The van der Waals surface area contributed by atoms with Crippen LogP contribution in [-0.4, -0.2) is 16.7 Å². The Morgan fingerprint density at radius 3 is 2.48 bits per heavy atom. The van der Waals surface area contributed by atoms with E-state index in [1.54, 1.807) is 42.5 Å². The van der Waals surface area contributed by atoms with Crippen LogP contribution in [0.2, 0.25) is 10.3 Å². The van der Waals surface area contributed by atoms with Crippen LogP contribution in [0.1, 0.15) is 32.0 Å². The fourth-order valence-electron chi connectivity index (χ4n) is 3.02. The second-order valence-electron chi connectivity index (χ2n) is 6.39. The molecular formula is C22H14Cl2N2O3. The normalized spacial score (nSPS) is 10.9. The van der Waals surface area contributed by atoms with E-state index in [2.05, 4.69) is 10.3 Å². The minimum Gasteiger partial charge on any atom is -0.452 e. The number of hydrogen-bond donors (Lipinski definition) is 1. The van der Waals surface area contributed by atoms with Gasteiger partial charge in [-0.05, 0) is 31.2 Å². The van der Waals surface area contributed by atoms with Crippen molar-refractivity contribution in [2.75, 3.05) is 5.32 Å². The van der Waals surface area contributed by atoms with Crippen LogP contribution in [0, 0.1) is 6.92 Å². The summed E-state index contributed by atoms with van der Waals surface area (Å²) in [5, 5.41) is 3.77. The van der Waals surface area contributed by atoms with Crippen LogP contribution in [-0.2, 0) is 0 Å². The first-order chi connectivity index (χ1) is 13.9. The summed E-state index contributed by atoms with van der Waals surface area (Å²) in [6.07, 6.45) is 0. The maximum atomic E-state index is 12.8. The van der Waals surface area contributed by atoms with E-state index in [1.807, 2.05) is 13.0 Å². The van der Waals surface area contributed by atoms with Crippen LogP contribution in [0.25, 0.3) is 11.0 Å². The van der Waals surface area contributed by atoms with Crippen molar-refractivity contribution in [2.24, 2.45) is 0 Å². The topological polar surface area (TPSA) is 72.2 Å². The van der Waals surface area contributed by atoms with Crippen molar-refractivity contribution in [3.8, 4) is 0 Å². The van der Waals surface area contributed by atoms with E-state index in [-0.39, 0.29) is 27.4 Å². The summed E-state index contributed by atoms with van der Waals surface area (Å²) in [7, 11) is 0. The molecule has 4 aromatic rings. The molecule has 2 aromatic carbocycles. The van der Waals surface area contributed by atoms with Gasteiger partial charge in [0.15, 0.2) is 5.76 Å². The Labute approximate surface area is 176 Å². The molecule has 0 saturated carbocycles. The molecule has 0 fully saturated rings. The first kappa shape index (κ1) is 19.2. The maximum Gasteiger partial charge on any atom is 0.258 e. The molecule has 144 valence electrons.